The molecule has 0 aliphatic rings. The van der Waals surface area contributed by atoms with Crippen LogP contribution in [0.1, 0.15) is 22.8 Å². The summed E-state index contributed by atoms with van der Waals surface area (Å²) in [6.07, 6.45) is 7.26. The van der Waals surface area contributed by atoms with E-state index in [1.54, 1.807) is 12.4 Å². The lowest BCUT2D eigenvalue weighted by molar-refractivity contribution is 0.893. The fraction of sp³-hybridized carbons (Fsp3) is 0.0800. The largest absolute Gasteiger partial charge is 0.327 e. The summed E-state index contributed by atoms with van der Waals surface area (Å²) in [7, 11) is 3.86. The average Bonchev–Trinajstić information content (AvgIpc) is 3.36. The maximum absolute atomic E-state index is 4.78. The van der Waals surface area contributed by atoms with Crippen molar-refractivity contribution < 1.29 is 0 Å². The fourth-order valence-electron chi connectivity index (χ4n) is 3.22. The number of rotatable bonds is 0. The van der Waals surface area contributed by atoms with E-state index in [9.17, 15) is 0 Å². The number of aryl methyl sites for hydroxylation is 2. The Morgan fingerprint density at radius 3 is 1.57 bits per heavy atom. The first-order valence-electron chi connectivity index (χ1n) is 9.49. The molecule has 0 radical (unpaired) electrons. The predicted molar refractivity (Wildman–Crippen MR) is 118 cm³/mol. The Balaban J connectivity index is 1.53. The van der Waals surface area contributed by atoms with E-state index in [1.165, 1.54) is 0 Å². The van der Waals surface area contributed by atoms with Gasteiger partial charge < -0.3 is 9.13 Å². The van der Waals surface area contributed by atoms with Crippen molar-refractivity contribution in [2.75, 3.05) is 0 Å². The minimum Gasteiger partial charge on any atom is -0.327 e. The highest BCUT2D eigenvalue weighted by atomic mass is 15.0. The summed E-state index contributed by atoms with van der Waals surface area (Å²) in [5, 5.41) is 2.09. The molecule has 5 rings (SSSR count). The minimum atomic E-state index is 0.739. The summed E-state index contributed by atoms with van der Waals surface area (Å²) in [4.78, 5) is 13.3. The zero-order valence-electron chi connectivity index (χ0n) is 16.6. The zero-order chi connectivity index (χ0) is 20.5. The number of hydrogen-bond donors (Lipinski definition) is 0. The quantitative estimate of drug-likeness (QED) is 0.301. The molecule has 30 heavy (non-hydrogen) atoms. The Morgan fingerprint density at radius 2 is 1.13 bits per heavy atom. The smallest absolute Gasteiger partial charge is 0.185 e. The van der Waals surface area contributed by atoms with Crippen LogP contribution in [0.4, 0.5) is 0 Å². The van der Waals surface area contributed by atoms with Gasteiger partial charge in [-0.05, 0) is 54.3 Å². The number of imidazole rings is 2. The molecule has 5 aromatic rings. The van der Waals surface area contributed by atoms with Crippen LogP contribution in [0.5, 0.6) is 0 Å². The summed E-state index contributed by atoms with van der Waals surface area (Å²) in [5.74, 6) is 14.1. The van der Waals surface area contributed by atoms with E-state index in [0.717, 1.165) is 44.6 Å². The first-order valence-corrected chi connectivity index (χ1v) is 9.49. The molecule has 0 bridgehead atoms. The molecule has 5 heteroatoms. The summed E-state index contributed by atoms with van der Waals surface area (Å²) >= 11 is 0. The van der Waals surface area contributed by atoms with Gasteiger partial charge in [-0.15, -0.1) is 0 Å². The number of fused-ring (bicyclic) bond motifs is 2. The maximum Gasteiger partial charge on any atom is 0.185 e. The van der Waals surface area contributed by atoms with Crippen molar-refractivity contribution in [1.29, 1.82) is 0 Å². The highest BCUT2D eigenvalue weighted by Gasteiger charge is 2.02. The molecule has 3 aromatic heterocycles. The van der Waals surface area contributed by atoms with E-state index in [1.807, 2.05) is 59.9 Å². The lowest BCUT2D eigenvalue weighted by atomic mass is 10.1. The molecule has 142 valence electrons. The van der Waals surface area contributed by atoms with E-state index in [-0.39, 0.29) is 0 Å². The number of pyridine rings is 1. The van der Waals surface area contributed by atoms with Gasteiger partial charge in [-0.1, -0.05) is 11.8 Å². The van der Waals surface area contributed by atoms with Crippen molar-refractivity contribution in [2.24, 2.45) is 14.1 Å². The second-order valence-electron chi connectivity index (χ2n) is 7.03. The molecule has 0 aliphatic heterocycles. The average molecular weight is 387 g/mol. The highest BCUT2D eigenvalue weighted by Crippen LogP contribution is 2.21. The van der Waals surface area contributed by atoms with Gasteiger partial charge in [-0.3, -0.25) is 0 Å². The van der Waals surface area contributed by atoms with Crippen molar-refractivity contribution in [1.82, 2.24) is 24.1 Å². The lowest BCUT2D eigenvalue weighted by Crippen LogP contribution is -1.91. The molecule has 0 aliphatic carbocycles. The molecule has 0 saturated carbocycles. The zero-order valence-corrected chi connectivity index (χ0v) is 16.6. The molecule has 0 atom stereocenters. The van der Waals surface area contributed by atoms with Gasteiger partial charge in [0.25, 0.3) is 0 Å². The number of aromatic nitrogens is 5. The van der Waals surface area contributed by atoms with Crippen LogP contribution in [0, 0.1) is 23.7 Å². The summed E-state index contributed by atoms with van der Waals surface area (Å²) in [6.45, 7) is 0. The van der Waals surface area contributed by atoms with Gasteiger partial charge in [0.2, 0.25) is 0 Å². The number of benzene rings is 2. The monoisotopic (exact) mass is 387 g/mol. The molecule has 0 N–H and O–H groups in total. The van der Waals surface area contributed by atoms with Gasteiger partial charge in [0, 0.05) is 60.8 Å². The van der Waals surface area contributed by atoms with Crippen LogP contribution >= 0.6 is 0 Å². The third-order valence-corrected chi connectivity index (χ3v) is 4.89. The van der Waals surface area contributed by atoms with Crippen LogP contribution in [0.25, 0.3) is 21.8 Å². The van der Waals surface area contributed by atoms with Crippen LogP contribution < -0.4 is 0 Å². The molecule has 0 unspecified atom stereocenters. The third kappa shape index (κ3) is 3.41. The summed E-state index contributed by atoms with van der Waals surface area (Å²) < 4.78 is 3.80. The van der Waals surface area contributed by atoms with E-state index in [4.69, 9.17) is 4.98 Å². The normalized spacial score (nSPS) is 10.5. The molecule has 5 nitrogen and oxygen atoms in total. The molecular formula is C25H17N5. The maximum atomic E-state index is 4.78. The minimum absolute atomic E-state index is 0.739. The van der Waals surface area contributed by atoms with Crippen LogP contribution in [-0.2, 0) is 14.1 Å². The Morgan fingerprint density at radius 1 is 0.633 bits per heavy atom. The Kier molecular flexibility index (Phi) is 4.28. The first-order chi connectivity index (χ1) is 14.7. The van der Waals surface area contributed by atoms with Gasteiger partial charge in [0.05, 0.1) is 11.0 Å². The molecule has 3 heterocycles. The number of hydrogen-bond acceptors (Lipinski definition) is 3. The van der Waals surface area contributed by atoms with Crippen molar-refractivity contribution in [2.45, 2.75) is 0 Å². The fourth-order valence-corrected chi connectivity index (χ4v) is 3.22. The Bertz CT molecular complexity index is 1420. The molecule has 2 aromatic carbocycles. The van der Waals surface area contributed by atoms with E-state index in [0.29, 0.717) is 0 Å². The van der Waals surface area contributed by atoms with Crippen LogP contribution in [0.2, 0.25) is 0 Å². The lowest BCUT2D eigenvalue weighted by Gasteiger charge is -2.03. The predicted octanol–water partition coefficient (Wildman–Crippen LogP) is 3.65. The van der Waals surface area contributed by atoms with Crippen molar-refractivity contribution in [3.05, 3.63) is 90.0 Å². The molecule has 0 amide bonds. The molecule has 0 fully saturated rings. The first kappa shape index (κ1) is 17.7. The van der Waals surface area contributed by atoms with Crippen molar-refractivity contribution in [3.8, 4) is 23.7 Å². The molecule has 0 spiro atoms. The molecular weight excluding hydrogens is 370 g/mol. The number of nitrogens with zero attached hydrogens (tertiary/aromatic N) is 5. The van der Waals surface area contributed by atoms with Crippen LogP contribution in [-0.4, -0.2) is 24.1 Å². The third-order valence-electron chi connectivity index (χ3n) is 4.89. The van der Waals surface area contributed by atoms with Crippen molar-refractivity contribution >= 4 is 21.8 Å². The van der Waals surface area contributed by atoms with Gasteiger partial charge in [-0.25, -0.2) is 15.0 Å². The summed E-state index contributed by atoms with van der Waals surface area (Å²) in [6, 6.07) is 14.2. The van der Waals surface area contributed by atoms with E-state index < -0.39 is 0 Å². The van der Waals surface area contributed by atoms with E-state index in [2.05, 4.69) is 51.8 Å². The Labute approximate surface area is 174 Å². The second kappa shape index (κ2) is 7.24. The van der Waals surface area contributed by atoms with Crippen LogP contribution in [0.15, 0.2) is 67.3 Å². The second-order valence-corrected chi connectivity index (χ2v) is 7.03. The topological polar surface area (TPSA) is 48.5 Å². The Hall–Kier alpha value is -4.35. The molecule has 0 saturated heterocycles. The summed E-state index contributed by atoms with van der Waals surface area (Å²) in [5.41, 5.74) is 3.74. The van der Waals surface area contributed by atoms with Crippen LogP contribution in [0.3, 0.4) is 0 Å². The van der Waals surface area contributed by atoms with Gasteiger partial charge in [0.15, 0.2) is 11.6 Å². The van der Waals surface area contributed by atoms with Gasteiger partial charge in [0.1, 0.15) is 0 Å². The van der Waals surface area contributed by atoms with Gasteiger partial charge >= 0.3 is 0 Å². The standard InChI is InChI=1S/C25H17N5/c1-29-13-11-26-24(29)9-5-18-3-7-22-20(15-18)17-21-16-19(4-8-23(21)28-22)6-10-25-27-12-14-30(25)2/h3-4,7-8,11-17H,1-2H3. The van der Waals surface area contributed by atoms with Gasteiger partial charge in [-0.2, -0.15) is 0 Å². The van der Waals surface area contributed by atoms with E-state index >= 15 is 0 Å². The highest BCUT2D eigenvalue weighted by molar-refractivity contribution is 5.93. The van der Waals surface area contributed by atoms with Crippen molar-refractivity contribution in [3.63, 3.8) is 0 Å². The SMILES string of the molecule is Cn1ccnc1C#Cc1ccc2nc3ccc(C#Cc4nccn4C)cc3cc2c1.